The molecule has 0 aliphatic carbocycles. The van der Waals surface area contributed by atoms with Crippen molar-refractivity contribution in [3.8, 4) is 11.5 Å². The number of urea groups is 1. The normalized spacial score (nSPS) is 14.0. The molecule has 0 spiro atoms. The minimum absolute atomic E-state index is 0. The van der Waals surface area contributed by atoms with Gasteiger partial charge in [-0.3, -0.25) is 19.7 Å². The summed E-state index contributed by atoms with van der Waals surface area (Å²) in [6.07, 6.45) is 4.67. The third-order valence-electron chi connectivity index (χ3n) is 6.99. The Labute approximate surface area is 254 Å². The number of nitrogens with one attached hydrogen (secondary N) is 2. The van der Waals surface area contributed by atoms with E-state index < -0.39 is 10.0 Å². The summed E-state index contributed by atoms with van der Waals surface area (Å²) < 4.78 is 31.1. The van der Waals surface area contributed by atoms with E-state index in [0.717, 1.165) is 57.1 Å². The predicted octanol–water partition coefficient (Wildman–Crippen LogP) is 5.89. The van der Waals surface area contributed by atoms with E-state index in [-0.39, 0.29) is 30.4 Å². The van der Waals surface area contributed by atoms with Crippen LogP contribution >= 0.6 is 12.4 Å². The van der Waals surface area contributed by atoms with E-state index in [4.69, 9.17) is 4.74 Å². The molecule has 226 valence electrons. The number of piperidine rings is 1. The van der Waals surface area contributed by atoms with Crippen molar-refractivity contribution in [2.24, 2.45) is 0 Å². The number of sulfonamides is 1. The molecule has 3 aromatic carbocycles. The van der Waals surface area contributed by atoms with E-state index in [1.165, 1.54) is 0 Å². The summed E-state index contributed by atoms with van der Waals surface area (Å²) in [5.74, 6) is 0.933. The number of benzene rings is 3. The topological polar surface area (TPSA) is 108 Å². The number of carbonyl (C=O) groups is 2. The van der Waals surface area contributed by atoms with E-state index in [1.54, 1.807) is 48.5 Å². The second-order valence-corrected chi connectivity index (χ2v) is 12.1. The van der Waals surface area contributed by atoms with Crippen molar-refractivity contribution in [2.45, 2.75) is 45.2 Å². The van der Waals surface area contributed by atoms with Gasteiger partial charge in [0.15, 0.2) is 0 Å². The Morgan fingerprint density at radius 1 is 0.929 bits per heavy atom. The van der Waals surface area contributed by atoms with Crippen LogP contribution in [-0.4, -0.2) is 62.1 Å². The first-order valence-electron chi connectivity index (χ1n) is 13.9. The van der Waals surface area contributed by atoms with E-state index in [1.807, 2.05) is 35.2 Å². The third kappa shape index (κ3) is 10.0. The average Bonchev–Trinajstić information content (AvgIpc) is 2.96. The molecule has 0 radical (unpaired) electrons. The molecule has 4 rings (SSSR count). The maximum Gasteiger partial charge on any atom is 0.324 e. The summed E-state index contributed by atoms with van der Waals surface area (Å²) in [7, 11) is -3.32. The highest BCUT2D eigenvalue weighted by Crippen LogP contribution is 2.25. The van der Waals surface area contributed by atoms with E-state index in [0.29, 0.717) is 29.3 Å². The van der Waals surface area contributed by atoms with Crippen molar-refractivity contribution in [3.63, 3.8) is 0 Å². The first-order valence-corrected chi connectivity index (χ1v) is 15.8. The summed E-state index contributed by atoms with van der Waals surface area (Å²) in [5.41, 5.74) is 2.12. The zero-order valence-corrected chi connectivity index (χ0v) is 25.6. The zero-order valence-electron chi connectivity index (χ0n) is 24.0. The smallest absolute Gasteiger partial charge is 0.324 e. The van der Waals surface area contributed by atoms with Crippen LogP contribution in [0.25, 0.3) is 0 Å². The van der Waals surface area contributed by atoms with Crippen LogP contribution in [0.3, 0.4) is 0 Å². The molecule has 1 heterocycles. The Morgan fingerprint density at radius 2 is 1.52 bits per heavy atom. The molecule has 0 atom stereocenters. The first-order chi connectivity index (χ1) is 19.7. The molecule has 1 aliphatic rings. The lowest BCUT2D eigenvalue weighted by Gasteiger charge is -2.38. The van der Waals surface area contributed by atoms with Crippen LogP contribution in [0, 0.1) is 0 Å². The van der Waals surface area contributed by atoms with Crippen molar-refractivity contribution >= 4 is 40.1 Å². The fraction of sp³-hybridized carbons (Fsp3) is 0.355. The quantitative estimate of drug-likeness (QED) is 0.279. The van der Waals surface area contributed by atoms with Gasteiger partial charge in [0.1, 0.15) is 11.5 Å². The molecule has 0 unspecified atom stereocenters. The molecule has 0 aromatic heterocycles. The van der Waals surface area contributed by atoms with Crippen LogP contribution in [0.1, 0.15) is 48.5 Å². The molecule has 1 aliphatic heterocycles. The Hall–Kier alpha value is -3.60. The Balaban J connectivity index is 0.00000484. The molecular formula is C31H39ClN4O5S. The van der Waals surface area contributed by atoms with Crippen molar-refractivity contribution in [3.05, 3.63) is 90.0 Å². The molecule has 9 nitrogen and oxygen atoms in total. The van der Waals surface area contributed by atoms with Crippen LogP contribution in [-0.2, 0) is 16.6 Å². The van der Waals surface area contributed by atoms with Crippen LogP contribution in [0.5, 0.6) is 11.5 Å². The Kier molecular flexibility index (Phi) is 12.2. The zero-order chi connectivity index (χ0) is 29.2. The third-order valence-corrected chi connectivity index (χ3v) is 7.60. The largest absolute Gasteiger partial charge is 0.457 e. The van der Waals surface area contributed by atoms with Gasteiger partial charge in [-0.2, -0.15) is 0 Å². The van der Waals surface area contributed by atoms with E-state index >= 15 is 0 Å². The Bertz CT molecular complexity index is 1400. The summed E-state index contributed by atoms with van der Waals surface area (Å²) in [4.78, 5) is 29.9. The molecule has 0 bridgehead atoms. The average molecular weight is 615 g/mol. The van der Waals surface area contributed by atoms with Gasteiger partial charge in [-0.25, -0.2) is 13.2 Å². The Morgan fingerprint density at radius 3 is 2.10 bits per heavy atom. The monoisotopic (exact) mass is 614 g/mol. The van der Waals surface area contributed by atoms with Gasteiger partial charge in [0.25, 0.3) is 5.91 Å². The first kappa shape index (κ1) is 32.9. The molecule has 2 N–H and O–H groups in total. The van der Waals surface area contributed by atoms with Crippen LogP contribution < -0.4 is 14.8 Å². The van der Waals surface area contributed by atoms with Crippen molar-refractivity contribution in [1.29, 1.82) is 0 Å². The SMILES string of the molecule is CCCCN(C(=O)NC(=O)c1ccccc1)C1CCN(Cc2ccc(Oc3ccc(NS(C)(=O)=O)cc3)cc2)CC1.Cl. The number of carbonyl (C=O) groups excluding carboxylic acids is 2. The number of unbranched alkanes of at least 4 members (excludes halogenated alkanes) is 1. The molecule has 3 amide bonds. The highest BCUT2D eigenvalue weighted by atomic mass is 35.5. The number of nitrogens with zero attached hydrogens (tertiary/aromatic N) is 2. The second-order valence-electron chi connectivity index (χ2n) is 10.3. The number of amides is 3. The van der Waals surface area contributed by atoms with Crippen LogP contribution in [0.4, 0.5) is 10.5 Å². The summed E-state index contributed by atoms with van der Waals surface area (Å²) in [6, 6.07) is 23.3. The highest BCUT2D eigenvalue weighted by molar-refractivity contribution is 7.92. The maximum atomic E-state index is 13.1. The number of likely N-dealkylation sites (tertiary alicyclic amines) is 1. The summed E-state index contributed by atoms with van der Waals surface area (Å²) >= 11 is 0. The molecular weight excluding hydrogens is 576 g/mol. The summed E-state index contributed by atoms with van der Waals surface area (Å²) in [6.45, 7) is 5.25. The number of halogens is 1. The van der Waals surface area contributed by atoms with Gasteiger partial charge in [-0.1, -0.05) is 43.7 Å². The van der Waals surface area contributed by atoms with Crippen molar-refractivity contribution < 1.29 is 22.7 Å². The van der Waals surface area contributed by atoms with Gasteiger partial charge in [0.05, 0.1) is 6.26 Å². The lowest BCUT2D eigenvalue weighted by Crippen LogP contribution is -2.52. The predicted molar refractivity (Wildman–Crippen MR) is 168 cm³/mol. The second kappa shape index (κ2) is 15.6. The number of hydrogen-bond donors (Lipinski definition) is 2. The standard InChI is InChI=1S/C31H38N4O5S.ClH/c1-3-4-20-35(31(37)32-30(36)25-8-6-5-7-9-25)27-18-21-34(22-19-27)23-24-10-14-28(15-11-24)40-29-16-12-26(13-17-29)33-41(2,38)39;/h5-17,27,33H,3-4,18-23H2,1-2H3,(H,32,36,37);1H. The summed E-state index contributed by atoms with van der Waals surface area (Å²) in [5, 5.41) is 2.58. The number of imide groups is 1. The molecule has 3 aromatic rings. The lowest BCUT2D eigenvalue weighted by molar-refractivity contribution is 0.0912. The van der Waals surface area contributed by atoms with Crippen molar-refractivity contribution in [1.82, 2.24) is 15.1 Å². The van der Waals surface area contributed by atoms with E-state index in [9.17, 15) is 18.0 Å². The number of rotatable bonds is 11. The van der Waals surface area contributed by atoms with Crippen LogP contribution in [0.2, 0.25) is 0 Å². The van der Waals surface area contributed by atoms with Gasteiger partial charge >= 0.3 is 6.03 Å². The lowest BCUT2D eigenvalue weighted by atomic mass is 10.0. The fourth-order valence-corrected chi connectivity index (χ4v) is 5.42. The van der Waals surface area contributed by atoms with E-state index in [2.05, 4.69) is 21.9 Å². The van der Waals surface area contributed by atoms with Crippen molar-refractivity contribution in [2.75, 3.05) is 30.6 Å². The highest BCUT2D eigenvalue weighted by Gasteiger charge is 2.28. The maximum absolute atomic E-state index is 13.1. The minimum Gasteiger partial charge on any atom is -0.457 e. The van der Waals surface area contributed by atoms with Gasteiger partial charge in [-0.05, 0) is 73.4 Å². The van der Waals surface area contributed by atoms with Gasteiger partial charge in [0.2, 0.25) is 10.0 Å². The van der Waals surface area contributed by atoms with Crippen LogP contribution in [0.15, 0.2) is 78.9 Å². The molecule has 1 fully saturated rings. The molecule has 0 saturated carbocycles. The minimum atomic E-state index is -3.32. The van der Waals surface area contributed by atoms with Gasteiger partial charge in [0, 0.05) is 43.5 Å². The molecule has 11 heteroatoms. The number of hydrogen-bond acceptors (Lipinski definition) is 6. The van der Waals surface area contributed by atoms with Gasteiger partial charge < -0.3 is 9.64 Å². The molecule has 42 heavy (non-hydrogen) atoms. The number of anilines is 1. The fourth-order valence-electron chi connectivity index (χ4n) is 4.86. The number of ether oxygens (including phenoxy) is 1. The van der Waals surface area contributed by atoms with Gasteiger partial charge in [-0.15, -0.1) is 12.4 Å². The molecule has 1 saturated heterocycles.